The molecule has 0 spiro atoms. The van der Waals surface area contributed by atoms with Crippen molar-refractivity contribution in [3.8, 4) is 11.5 Å². The van der Waals surface area contributed by atoms with Gasteiger partial charge in [0.1, 0.15) is 17.1 Å². The van der Waals surface area contributed by atoms with E-state index < -0.39 is 11.3 Å². The van der Waals surface area contributed by atoms with Gasteiger partial charge in [0.05, 0.1) is 6.61 Å². The van der Waals surface area contributed by atoms with Crippen LogP contribution in [0.15, 0.2) is 41.2 Å². The lowest BCUT2D eigenvalue weighted by Gasteiger charge is -2.10. The summed E-state index contributed by atoms with van der Waals surface area (Å²) in [4.78, 5) is 26.7. The van der Waals surface area contributed by atoms with E-state index >= 15 is 0 Å². The Labute approximate surface area is 159 Å². The zero-order valence-electron chi connectivity index (χ0n) is 16.2. The molecule has 0 bridgehead atoms. The molecular weight excluding hydrogens is 344 g/mol. The highest BCUT2D eigenvalue weighted by Gasteiger charge is 2.16. The average Bonchev–Trinajstić information content (AvgIpc) is 2.62. The number of carbonyl (C=O) groups excluding carboxylic acids is 1. The fourth-order valence-electron chi connectivity index (χ4n) is 2.57. The number of aromatic nitrogens is 1. The molecule has 6 nitrogen and oxygen atoms in total. The van der Waals surface area contributed by atoms with Gasteiger partial charge in [0.25, 0.3) is 5.56 Å². The molecule has 2 aromatic rings. The molecule has 1 N–H and O–H groups in total. The number of aryl methyl sites for hydroxylation is 1. The first-order valence-corrected chi connectivity index (χ1v) is 8.79. The molecule has 0 fully saturated rings. The molecular formula is C21H26N2O4. The summed E-state index contributed by atoms with van der Waals surface area (Å²) in [6.07, 6.45) is 3.81. The summed E-state index contributed by atoms with van der Waals surface area (Å²) in [5, 5.41) is 9.98. The van der Waals surface area contributed by atoms with Gasteiger partial charge < -0.3 is 19.3 Å². The Bertz CT molecular complexity index is 898. The monoisotopic (exact) mass is 370 g/mol. The fourth-order valence-corrected chi connectivity index (χ4v) is 2.57. The van der Waals surface area contributed by atoms with Gasteiger partial charge in [-0.3, -0.25) is 9.59 Å². The van der Waals surface area contributed by atoms with Crippen LogP contribution in [-0.4, -0.2) is 47.6 Å². The Kier molecular flexibility index (Phi) is 6.96. The molecule has 0 saturated carbocycles. The lowest BCUT2D eigenvalue weighted by molar-refractivity contribution is 0.104. The number of ketones is 1. The largest absolute Gasteiger partial charge is 0.507 e. The Morgan fingerprint density at radius 3 is 2.74 bits per heavy atom. The number of carbonyl (C=O) groups is 1. The number of benzene rings is 1. The normalized spacial score (nSPS) is 11.3. The summed E-state index contributed by atoms with van der Waals surface area (Å²) in [6.45, 7) is 3.25. The number of hydrogen-bond acceptors (Lipinski definition) is 5. The second-order valence-electron chi connectivity index (χ2n) is 6.69. The van der Waals surface area contributed by atoms with Crippen molar-refractivity contribution in [2.75, 3.05) is 27.2 Å². The summed E-state index contributed by atoms with van der Waals surface area (Å²) in [7, 11) is 5.60. The van der Waals surface area contributed by atoms with Gasteiger partial charge in [-0.2, -0.15) is 0 Å². The van der Waals surface area contributed by atoms with E-state index in [9.17, 15) is 14.7 Å². The molecule has 0 atom stereocenters. The van der Waals surface area contributed by atoms with Crippen LogP contribution in [0, 0.1) is 6.92 Å². The summed E-state index contributed by atoms with van der Waals surface area (Å²) < 4.78 is 7.05. The maximum Gasteiger partial charge on any atom is 0.265 e. The topological polar surface area (TPSA) is 71.8 Å². The number of ether oxygens (including phenoxy) is 1. The summed E-state index contributed by atoms with van der Waals surface area (Å²) in [6, 6.07) is 8.77. The van der Waals surface area contributed by atoms with E-state index in [1.54, 1.807) is 20.0 Å². The lowest BCUT2D eigenvalue weighted by Crippen LogP contribution is -2.25. The van der Waals surface area contributed by atoms with Gasteiger partial charge in [-0.05, 0) is 51.2 Å². The molecule has 0 aliphatic carbocycles. The highest BCUT2D eigenvalue weighted by Crippen LogP contribution is 2.18. The highest BCUT2D eigenvalue weighted by atomic mass is 16.5. The van der Waals surface area contributed by atoms with Crippen molar-refractivity contribution in [2.24, 2.45) is 7.05 Å². The third-order valence-corrected chi connectivity index (χ3v) is 4.20. The van der Waals surface area contributed by atoms with Crippen LogP contribution in [0.25, 0.3) is 6.08 Å². The summed E-state index contributed by atoms with van der Waals surface area (Å²) in [5.74, 6) is -0.119. The van der Waals surface area contributed by atoms with Gasteiger partial charge in [0.15, 0.2) is 5.78 Å². The average molecular weight is 370 g/mol. The van der Waals surface area contributed by atoms with E-state index in [1.165, 1.54) is 16.7 Å². The minimum atomic E-state index is -0.537. The minimum absolute atomic E-state index is 0.226. The van der Waals surface area contributed by atoms with Gasteiger partial charge in [0, 0.05) is 25.4 Å². The first-order chi connectivity index (χ1) is 12.8. The maximum atomic E-state index is 12.4. The molecule has 27 heavy (non-hydrogen) atoms. The van der Waals surface area contributed by atoms with Crippen molar-refractivity contribution in [3.05, 3.63) is 63.6 Å². The molecule has 0 amide bonds. The van der Waals surface area contributed by atoms with Crippen LogP contribution >= 0.6 is 0 Å². The molecule has 1 heterocycles. The fraction of sp³-hybridized carbons (Fsp3) is 0.333. The lowest BCUT2D eigenvalue weighted by atomic mass is 10.1. The second-order valence-corrected chi connectivity index (χ2v) is 6.69. The Morgan fingerprint density at radius 2 is 2.04 bits per heavy atom. The van der Waals surface area contributed by atoms with Crippen LogP contribution in [0.2, 0.25) is 0 Å². The van der Waals surface area contributed by atoms with Gasteiger partial charge in [0.2, 0.25) is 0 Å². The van der Waals surface area contributed by atoms with Gasteiger partial charge in [-0.1, -0.05) is 18.2 Å². The van der Waals surface area contributed by atoms with Crippen molar-refractivity contribution in [2.45, 2.75) is 13.3 Å². The number of pyridine rings is 1. The Hall–Kier alpha value is -2.86. The van der Waals surface area contributed by atoms with Crippen LogP contribution in [0.1, 0.15) is 28.0 Å². The van der Waals surface area contributed by atoms with E-state index in [0.29, 0.717) is 12.3 Å². The summed E-state index contributed by atoms with van der Waals surface area (Å²) in [5.41, 5.74) is 0.615. The first-order valence-electron chi connectivity index (χ1n) is 8.79. The molecule has 0 unspecified atom stereocenters. The zero-order chi connectivity index (χ0) is 20.0. The molecule has 0 radical (unpaired) electrons. The smallest absolute Gasteiger partial charge is 0.265 e. The predicted octanol–water partition coefficient (Wildman–Crippen LogP) is 2.63. The Morgan fingerprint density at radius 1 is 1.30 bits per heavy atom. The molecule has 0 aliphatic rings. The van der Waals surface area contributed by atoms with E-state index in [-0.39, 0.29) is 11.3 Å². The van der Waals surface area contributed by atoms with Crippen LogP contribution < -0.4 is 10.3 Å². The van der Waals surface area contributed by atoms with Crippen molar-refractivity contribution >= 4 is 11.9 Å². The van der Waals surface area contributed by atoms with Crippen LogP contribution in [-0.2, 0) is 7.05 Å². The van der Waals surface area contributed by atoms with Crippen LogP contribution in [0.5, 0.6) is 11.5 Å². The van der Waals surface area contributed by atoms with E-state index in [1.807, 2.05) is 38.4 Å². The Balaban J connectivity index is 2.10. The first kappa shape index (κ1) is 20.5. The van der Waals surface area contributed by atoms with Gasteiger partial charge >= 0.3 is 0 Å². The number of aromatic hydroxyl groups is 1. The van der Waals surface area contributed by atoms with Gasteiger partial charge in [-0.15, -0.1) is 0 Å². The molecule has 1 aromatic heterocycles. The third-order valence-electron chi connectivity index (χ3n) is 4.20. The zero-order valence-corrected chi connectivity index (χ0v) is 16.2. The molecule has 2 rings (SSSR count). The molecule has 1 aromatic carbocycles. The van der Waals surface area contributed by atoms with E-state index in [2.05, 4.69) is 4.90 Å². The van der Waals surface area contributed by atoms with E-state index in [4.69, 9.17) is 4.74 Å². The number of rotatable bonds is 8. The maximum absolute atomic E-state index is 12.4. The molecule has 6 heteroatoms. The SMILES string of the molecule is Cc1cc(O)c(C(=O)C=Cc2cccc(OCCCN(C)C)c2)c(=O)n1C. The predicted molar refractivity (Wildman–Crippen MR) is 107 cm³/mol. The molecule has 0 aliphatic heterocycles. The number of nitrogens with zero attached hydrogens (tertiary/aromatic N) is 2. The van der Waals surface area contributed by atoms with Crippen molar-refractivity contribution in [1.29, 1.82) is 0 Å². The number of hydrogen-bond donors (Lipinski definition) is 1. The second kappa shape index (κ2) is 9.19. The minimum Gasteiger partial charge on any atom is -0.507 e. The van der Waals surface area contributed by atoms with Crippen molar-refractivity contribution in [1.82, 2.24) is 9.47 Å². The van der Waals surface area contributed by atoms with Gasteiger partial charge in [-0.25, -0.2) is 0 Å². The highest BCUT2D eigenvalue weighted by molar-refractivity contribution is 6.08. The van der Waals surface area contributed by atoms with Crippen molar-refractivity contribution in [3.63, 3.8) is 0 Å². The van der Waals surface area contributed by atoms with Crippen LogP contribution in [0.3, 0.4) is 0 Å². The number of allylic oxidation sites excluding steroid dienone is 1. The standard InChI is InChI=1S/C21H26N2O4/c1-15-13-19(25)20(21(26)23(15)4)18(24)10-9-16-7-5-8-17(14-16)27-12-6-11-22(2)3/h5,7-10,13-14,25H,6,11-12H2,1-4H3. The molecule has 144 valence electrons. The summed E-state index contributed by atoms with van der Waals surface area (Å²) >= 11 is 0. The van der Waals surface area contributed by atoms with Crippen LogP contribution in [0.4, 0.5) is 0 Å². The quantitative estimate of drug-likeness (QED) is 0.439. The molecule has 0 saturated heterocycles. The van der Waals surface area contributed by atoms with E-state index in [0.717, 1.165) is 24.3 Å². The van der Waals surface area contributed by atoms with Crippen molar-refractivity contribution < 1.29 is 14.6 Å². The third kappa shape index (κ3) is 5.56.